The number of aromatic nitrogens is 2. The maximum absolute atomic E-state index is 11.9. The van der Waals surface area contributed by atoms with Gasteiger partial charge < -0.3 is 10.1 Å². The van der Waals surface area contributed by atoms with E-state index < -0.39 is 0 Å². The number of nitrogens with one attached hydrogen (secondary N) is 3. The number of rotatable bonds is 6. The van der Waals surface area contributed by atoms with Crippen molar-refractivity contribution < 1.29 is 9.53 Å². The van der Waals surface area contributed by atoms with Gasteiger partial charge in [-0.15, -0.1) is 0 Å². The van der Waals surface area contributed by atoms with Crippen molar-refractivity contribution >= 4 is 34.1 Å². The van der Waals surface area contributed by atoms with Crippen LogP contribution in [-0.4, -0.2) is 36.5 Å². The molecule has 120 valence electrons. The van der Waals surface area contributed by atoms with E-state index in [0.717, 1.165) is 22.9 Å². The number of carbonyl (C=O) groups is 1. The molecule has 0 radical (unpaired) electrons. The molecular weight excluding hydrogens is 312 g/mol. The van der Waals surface area contributed by atoms with Gasteiger partial charge in [0.15, 0.2) is 5.82 Å². The summed E-state index contributed by atoms with van der Waals surface area (Å²) in [7, 11) is 1.64. The first kappa shape index (κ1) is 15.5. The molecule has 0 aliphatic rings. The van der Waals surface area contributed by atoms with Gasteiger partial charge >= 0.3 is 6.03 Å². The minimum Gasteiger partial charge on any atom is -0.385 e. The SMILES string of the molecule is COCCCNC(=O)Nc1n[nH]c2cc(-c3ccsc3)ccc12. The Kier molecular flexibility index (Phi) is 4.89. The van der Waals surface area contributed by atoms with Crippen LogP contribution in [0.25, 0.3) is 22.0 Å². The number of anilines is 1. The summed E-state index contributed by atoms with van der Waals surface area (Å²) in [6.07, 6.45) is 0.773. The van der Waals surface area contributed by atoms with Crippen molar-refractivity contribution in [2.75, 3.05) is 25.6 Å². The summed E-state index contributed by atoms with van der Waals surface area (Å²) >= 11 is 1.66. The van der Waals surface area contributed by atoms with Gasteiger partial charge in [0.2, 0.25) is 0 Å². The Hall–Kier alpha value is -2.38. The van der Waals surface area contributed by atoms with Crippen molar-refractivity contribution in [3.8, 4) is 11.1 Å². The average molecular weight is 330 g/mol. The van der Waals surface area contributed by atoms with Gasteiger partial charge in [0, 0.05) is 25.6 Å². The third kappa shape index (κ3) is 3.69. The molecule has 6 nitrogen and oxygen atoms in total. The largest absolute Gasteiger partial charge is 0.385 e. The van der Waals surface area contributed by atoms with Crippen molar-refractivity contribution in [3.05, 3.63) is 35.0 Å². The number of methoxy groups -OCH3 is 1. The van der Waals surface area contributed by atoms with Gasteiger partial charge in [-0.05, 0) is 46.5 Å². The van der Waals surface area contributed by atoms with Crippen LogP contribution in [0, 0.1) is 0 Å². The fraction of sp³-hybridized carbons (Fsp3) is 0.250. The number of benzene rings is 1. The molecule has 3 aromatic rings. The molecule has 0 atom stereocenters. The first-order valence-corrected chi connectivity index (χ1v) is 8.26. The van der Waals surface area contributed by atoms with Crippen LogP contribution in [0.15, 0.2) is 35.0 Å². The van der Waals surface area contributed by atoms with Crippen LogP contribution < -0.4 is 10.6 Å². The van der Waals surface area contributed by atoms with Gasteiger partial charge in [-0.25, -0.2) is 4.79 Å². The van der Waals surface area contributed by atoms with Crippen LogP contribution in [0.1, 0.15) is 6.42 Å². The van der Waals surface area contributed by atoms with Crippen molar-refractivity contribution in [3.63, 3.8) is 0 Å². The van der Waals surface area contributed by atoms with E-state index in [-0.39, 0.29) is 6.03 Å². The molecule has 3 N–H and O–H groups in total. The lowest BCUT2D eigenvalue weighted by molar-refractivity contribution is 0.194. The smallest absolute Gasteiger partial charge is 0.320 e. The Morgan fingerprint density at radius 1 is 1.35 bits per heavy atom. The molecule has 7 heteroatoms. The number of hydrogen-bond donors (Lipinski definition) is 3. The molecule has 0 unspecified atom stereocenters. The molecule has 0 saturated carbocycles. The number of nitrogens with zero attached hydrogens (tertiary/aromatic N) is 1. The number of carbonyl (C=O) groups excluding carboxylic acids is 1. The fourth-order valence-corrected chi connectivity index (χ4v) is 2.96. The predicted octanol–water partition coefficient (Wildman–Crippen LogP) is 3.45. The molecule has 2 heterocycles. The molecular formula is C16H18N4O2S. The van der Waals surface area contributed by atoms with Crippen LogP contribution in [0.5, 0.6) is 0 Å². The minimum absolute atomic E-state index is 0.267. The highest BCUT2D eigenvalue weighted by Crippen LogP contribution is 2.28. The average Bonchev–Trinajstić information content (AvgIpc) is 3.21. The zero-order chi connectivity index (χ0) is 16.1. The molecule has 0 aliphatic carbocycles. The molecule has 23 heavy (non-hydrogen) atoms. The molecule has 2 aromatic heterocycles. The lowest BCUT2D eigenvalue weighted by Crippen LogP contribution is -2.30. The monoisotopic (exact) mass is 330 g/mol. The number of ether oxygens (including phenoxy) is 1. The van der Waals surface area contributed by atoms with Crippen molar-refractivity contribution in [2.45, 2.75) is 6.42 Å². The Labute approximate surface area is 137 Å². The maximum Gasteiger partial charge on any atom is 0.320 e. The van der Waals surface area contributed by atoms with Gasteiger partial charge in [-0.3, -0.25) is 10.4 Å². The van der Waals surface area contributed by atoms with Crippen LogP contribution in [0.3, 0.4) is 0 Å². The van der Waals surface area contributed by atoms with E-state index in [1.54, 1.807) is 18.4 Å². The second kappa shape index (κ2) is 7.26. The van der Waals surface area contributed by atoms with E-state index in [0.29, 0.717) is 19.0 Å². The molecule has 0 saturated heterocycles. The first-order valence-electron chi connectivity index (χ1n) is 7.32. The topological polar surface area (TPSA) is 79.0 Å². The van der Waals surface area contributed by atoms with E-state index in [4.69, 9.17) is 4.74 Å². The third-order valence-corrected chi connectivity index (χ3v) is 4.14. The Morgan fingerprint density at radius 2 is 2.26 bits per heavy atom. The molecule has 2 amide bonds. The summed E-state index contributed by atoms with van der Waals surface area (Å²) in [6, 6.07) is 7.84. The fourth-order valence-electron chi connectivity index (χ4n) is 2.29. The molecule has 3 rings (SSSR count). The summed E-state index contributed by atoms with van der Waals surface area (Å²) in [5, 5.41) is 17.7. The number of fused-ring (bicyclic) bond motifs is 1. The number of H-pyrrole nitrogens is 1. The Morgan fingerprint density at radius 3 is 3.04 bits per heavy atom. The second-order valence-corrected chi connectivity index (χ2v) is 5.85. The van der Waals surface area contributed by atoms with Gasteiger partial charge in [0.25, 0.3) is 0 Å². The van der Waals surface area contributed by atoms with Crippen molar-refractivity contribution in [1.29, 1.82) is 0 Å². The zero-order valence-electron chi connectivity index (χ0n) is 12.8. The third-order valence-electron chi connectivity index (χ3n) is 3.46. The maximum atomic E-state index is 11.9. The summed E-state index contributed by atoms with van der Waals surface area (Å²) in [5.74, 6) is 0.529. The summed E-state index contributed by atoms with van der Waals surface area (Å²) < 4.78 is 4.94. The molecule has 0 bridgehead atoms. The number of thiophene rings is 1. The highest BCUT2D eigenvalue weighted by atomic mass is 32.1. The van der Waals surface area contributed by atoms with Crippen LogP contribution in [0.2, 0.25) is 0 Å². The number of aromatic amines is 1. The van der Waals surface area contributed by atoms with Gasteiger partial charge in [0.1, 0.15) is 0 Å². The molecule has 1 aromatic carbocycles. The molecule has 0 aliphatic heterocycles. The summed E-state index contributed by atoms with van der Waals surface area (Å²) in [4.78, 5) is 11.9. The van der Waals surface area contributed by atoms with Crippen LogP contribution in [0.4, 0.5) is 10.6 Å². The minimum atomic E-state index is -0.267. The number of urea groups is 1. The summed E-state index contributed by atoms with van der Waals surface area (Å²) in [6.45, 7) is 1.18. The van der Waals surface area contributed by atoms with Gasteiger partial charge in [-0.2, -0.15) is 16.4 Å². The quantitative estimate of drug-likeness (QED) is 0.606. The van der Waals surface area contributed by atoms with Gasteiger partial charge in [0.05, 0.1) is 5.52 Å². The van der Waals surface area contributed by atoms with Crippen LogP contribution >= 0.6 is 11.3 Å². The lowest BCUT2D eigenvalue weighted by atomic mass is 10.1. The zero-order valence-corrected chi connectivity index (χ0v) is 13.6. The second-order valence-electron chi connectivity index (χ2n) is 5.07. The van der Waals surface area contributed by atoms with E-state index in [1.165, 1.54) is 5.56 Å². The van der Waals surface area contributed by atoms with Gasteiger partial charge in [-0.1, -0.05) is 6.07 Å². The number of amides is 2. The Balaban J connectivity index is 1.69. The van der Waals surface area contributed by atoms with E-state index in [1.807, 2.05) is 23.6 Å². The standard InChI is InChI=1S/C16H18N4O2S/c1-22-7-2-6-17-16(21)18-15-13-4-3-11(9-14(13)19-20-15)12-5-8-23-10-12/h3-5,8-10H,2,6-7H2,1H3,(H3,17,18,19,20,21). The van der Waals surface area contributed by atoms with E-state index >= 15 is 0 Å². The number of hydrogen-bond acceptors (Lipinski definition) is 4. The van der Waals surface area contributed by atoms with Crippen LogP contribution in [-0.2, 0) is 4.74 Å². The highest BCUT2D eigenvalue weighted by molar-refractivity contribution is 7.08. The predicted molar refractivity (Wildman–Crippen MR) is 92.9 cm³/mol. The molecule has 0 fully saturated rings. The van der Waals surface area contributed by atoms with Crippen molar-refractivity contribution in [1.82, 2.24) is 15.5 Å². The lowest BCUT2D eigenvalue weighted by Gasteiger charge is -2.05. The highest BCUT2D eigenvalue weighted by Gasteiger charge is 2.10. The molecule has 0 spiro atoms. The van der Waals surface area contributed by atoms with Crippen molar-refractivity contribution in [2.24, 2.45) is 0 Å². The first-order chi connectivity index (χ1) is 11.3. The Bertz CT molecular complexity index is 783. The van der Waals surface area contributed by atoms with E-state index in [9.17, 15) is 4.79 Å². The van der Waals surface area contributed by atoms with E-state index in [2.05, 4.69) is 32.3 Å². The summed E-state index contributed by atoms with van der Waals surface area (Å²) in [5.41, 5.74) is 3.19. The normalized spacial score (nSPS) is 10.8.